The van der Waals surface area contributed by atoms with Crippen LogP contribution in [0.1, 0.15) is 51.2 Å². The Morgan fingerprint density at radius 3 is 2.50 bits per heavy atom. The highest BCUT2D eigenvalue weighted by Gasteiger charge is 2.20. The lowest BCUT2D eigenvalue weighted by Gasteiger charge is -2.29. The number of hydrogen-bond donors (Lipinski definition) is 1. The van der Waals surface area contributed by atoms with Gasteiger partial charge < -0.3 is 10.2 Å². The summed E-state index contributed by atoms with van der Waals surface area (Å²) in [5.41, 5.74) is 4.18. The molecule has 0 bridgehead atoms. The lowest BCUT2D eigenvalue weighted by Crippen LogP contribution is -2.30. The highest BCUT2D eigenvalue weighted by Crippen LogP contribution is 2.24. The zero-order valence-corrected chi connectivity index (χ0v) is 13.7. The molecule has 0 heterocycles. The van der Waals surface area contributed by atoms with E-state index in [1.807, 2.05) is 0 Å². The van der Waals surface area contributed by atoms with Crippen LogP contribution in [-0.4, -0.2) is 19.1 Å². The third-order valence-electron chi connectivity index (χ3n) is 4.37. The largest absolute Gasteiger partial charge is 0.372 e. The van der Waals surface area contributed by atoms with Gasteiger partial charge in [0.2, 0.25) is 0 Å². The summed E-state index contributed by atoms with van der Waals surface area (Å²) in [7, 11) is 2.21. The van der Waals surface area contributed by atoms with Crippen molar-refractivity contribution in [2.75, 3.05) is 11.9 Å². The molecule has 1 fully saturated rings. The van der Waals surface area contributed by atoms with Gasteiger partial charge in [0.05, 0.1) is 0 Å². The topological polar surface area (TPSA) is 15.3 Å². The molecule has 20 heavy (non-hydrogen) atoms. The number of nitrogens with one attached hydrogen (secondary N) is 1. The molecule has 2 rings (SSSR count). The van der Waals surface area contributed by atoms with Crippen molar-refractivity contribution in [1.82, 2.24) is 5.32 Å². The van der Waals surface area contributed by atoms with Crippen LogP contribution in [0.15, 0.2) is 18.2 Å². The number of hydrogen-bond acceptors (Lipinski definition) is 2. The Hall–Kier alpha value is -1.02. The molecule has 0 aliphatic heterocycles. The van der Waals surface area contributed by atoms with Crippen LogP contribution in [0.25, 0.3) is 0 Å². The maximum atomic E-state index is 3.60. The van der Waals surface area contributed by atoms with Gasteiger partial charge in [-0.3, -0.25) is 0 Å². The third kappa shape index (κ3) is 4.24. The Morgan fingerprint density at radius 2 is 1.95 bits per heavy atom. The van der Waals surface area contributed by atoms with Gasteiger partial charge in [0.1, 0.15) is 0 Å². The first kappa shape index (κ1) is 15.4. The molecule has 0 spiro atoms. The van der Waals surface area contributed by atoms with Crippen molar-refractivity contribution in [1.29, 1.82) is 0 Å². The fourth-order valence-electron chi connectivity index (χ4n) is 2.73. The molecule has 1 N–H and O–H groups in total. The van der Waals surface area contributed by atoms with Crippen molar-refractivity contribution in [2.24, 2.45) is 5.92 Å². The van der Waals surface area contributed by atoms with Gasteiger partial charge in [0, 0.05) is 31.4 Å². The number of benzene rings is 1. The summed E-state index contributed by atoms with van der Waals surface area (Å²) < 4.78 is 0. The maximum Gasteiger partial charge on any atom is 0.0368 e. The smallest absolute Gasteiger partial charge is 0.0368 e. The van der Waals surface area contributed by atoms with E-state index in [1.165, 1.54) is 36.1 Å². The third-order valence-corrected chi connectivity index (χ3v) is 4.37. The molecule has 112 valence electrons. The second kappa shape index (κ2) is 6.62. The monoisotopic (exact) mass is 274 g/mol. The van der Waals surface area contributed by atoms with E-state index in [9.17, 15) is 0 Å². The van der Waals surface area contributed by atoms with Crippen LogP contribution in [0, 0.1) is 12.8 Å². The molecule has 0 saturated heterocycles. The normalized spacial score (nSPS) is 16.5. The summed E-state index contributed by atoms with van der Waals surface area (Å²) in [6.07, 6.45) is 3.94. The van der Waals surface area contributed by atoms with E-state index in [2.05, 4.69) is 63.2 Å². The van der Waals surface area contributed by atoms with Crippen LogP contribution in [0.4, 0.5) is 5.69 Å². The van der Waals surface area contributed by atoms with Gasteiger partial charge in [0.25, 0.3) is 0 Å². The quantitative estimate of drug-likeness (QED) is 0.804. The summed E-state index contributed by atoms with van der Waals surface area (Å²) in [4.78, 5) is 2.41. The fourth-order valence-corrected chi connectivity index (χ4v) is 2.73. The molecule has 1 aliphatic rings. The Labute approximate surface area is 124 Å². The van der Waals surface area contributed by atoms with Crippen molar-refractivity contribution < 1.29 is 0 Å². The summed E-state index contributed by atoms with van der Waals surface area (Å²) >= 11 is 0. The minimum Gasteiger partial charge on any atom is -0.372 e. The van der Waals surface area contributed by atoms with Crippen LogP contribution in [-0.2, 0) is 6.54 Å². The standard InChI is InChI=1S/C18H30N2/c1-13(2)10-15(4)20(5)18-9-6-16(14(3)11-18)12-19-17-7-8-17/h6,9,11,13,15,17,19H,7-8,10,12H2,1-5H3. The average molecular weight is 274 g/mol. The first-order valence-corrected chi connectivity index (χ1v) is 8.03. The highest BCUT2D eigenvalue weighted by atomic mass is 15.1. The van der Waals surface area contributed by atoms with Gasteiger partial charge >= 0.3 is 0 Å². The van der Waals surface area contributed by atoms with Crippen molar-refractivity contribution in [3.05, 3.63) is 29.3 Å². The molecule has 2 heteroatoms. The number of aryl methyl sites for hydroxylation is 1. The molecule has 1 aromatic rings. The molecular weight excluding hydrogens is 244 g/mol. The second-order valence-electron chi connectivity index (χ2n) is 6.86. The van der Waals surface area contributed by atoms with Crippen molar-refractivity contribution in [3.63, 3.8) is 0 Å². The van der Waals surface area contributed by atoms with Gasteiger partial charge in [-0.05, 0) is 62.3 Å². The Balaban J connectivity index is 1.99. The zero-order valence-electron chi connectivity index (χ0n) is 13.7. The van der Waals surface area contributed by atoms with E-state index in [1.54, 1.807) is 0 Å². The zero-order chi connectivity index (χ0) is 14.7. The molecule has 1 saturated carbocycles. The summed E-state index contributed by atoms with van der Waals surface area (Å²) in [5, 5.41) is 3.60. The van der Waals surface area contributed by atoms with Crippen LogP contribution >= 0.6 is 0 Å². The number of anilines is 1. The lowest BCUT2D eigenvalue weighted by atomic mass is 10.0. The van der Waals surface area contributed by atoms with Crippen molar-refractivity contribution >= 4 is 5.69 Å². The summed E-state index contributed by atoms with van der Waals surface area (Å²) in [5.74, 6) is 0.746. The van der Waals surface area contributed by atoms with Gasteiger partial charge in [-0.2, -0.15) is 0 Å². The van der Waals surface area contributed by atoms with Gasteiger partial charge in [-0.1, -0.05) is 19.9 Å². The van der Waals surface area contributed by atoms with E-state index in [0.717, 1.165) is 18.5 Å². The van der Waals surface area contributed by atoms with Gasteiger partial charge in [0.15, 0.2) is 0 Å². The molecule has 1 aliphatic carbocycles. The van der Waals surface area contributed by atoms with Crippen molar-refractivity contribution in [3.8, 4) is 0 Å². The Bertz CT molecular complexity index is 435. The lowest BCUT2D eigenvalue weighted by molar-refractivity contribution is 0.504. The number of rotatable bonds is 7. The van der Waals surface area contributed by atoms with Gasteiger partial charge in [-0.25, -0.2) is 0 Å². The second-order valence-corrected chi connectivity index (χ2v) is 6.86. The Morgan fingerprint density at radius 1 is 1.25 bits per heavy atom. The minimum atomic E-state index is 0.588. The minimum absolute atomic E-state index is 0.588. The maximum absolute atomic E-state index is 3.60. The van der Waals surface area contributed by atoms with Crippen LogP contribution in [0.5, 0.6) is 0 Å². The van der Waals surface area contributed by atoms with E-state index >= 15 is 0 Å². The van der Waals surface area contributed by atoms with E-state index in [0.29, 0.717) is 6.04 Å². The molecule has 0 aromatic heterocycles. The Kier molecular flexibility index (Phi) is 5.09. The number of nitrogens with zero attached hydrogens (tertiary/aromatic N) is 1. The van der Waals surface area contributed by atoms with E-state index in [4.69, 9.17) is 0 Å². The average Bonchev–Trinajstić information content (AvgIpc) is 3.19. The molecule has 1 aromatic carbocycles. The highest BCUT2D eigenvalue weighted by molar-refractivity contribution is 5.51. The first-order valence-electron chi connectivity index (χ1n) is 8.03. The van der Waals surface area contributed by atoms with Gasteiger partial charge in [-0.15, -0.1) is 0 Å². The van der Waals surface area contributed by atoms with Crippen LogP contribution in [0.3, 0.4) is 0 Å². The molecule has 2 nitrogen and oxygen atoms in total. The molecular formula is C18H30N2. The van der Waals surface area contributed by atoms with E-state index in [-0.39, 0.29) is 0 Å². The summed E-state index contributed by atoms with van der Waals surface area (Å²) in [6, 6.07) is 8.26. The van der Waals surface area contributed by atoms with E-state index < -0.39 is 0 Å². The predicted octanol–water partition coefficient (Wildman–Crippen LogP) is 4.12. The molecule has 1 atom stereocenters. The fraction of sp³-hybridized carbons (Fsp3) is 0.667. The molecule has 0 radical (unpaired) electrons. The molecule has 1 unspecified atom stereocenters. The van der Waals surface area contributed by atoms with Crippen LogP contribution in [0.2, 0.25) is 0 Å². The predicted molar refractivity (Wildman–Crippen MR) is 88.4 cm³/mol. The van der Waals surface area contributed by atoms with Crippen molar-refractivity contribution in [2.45, 2.75) is 65.6 Å². The van der Waals surface area contributed by atoms with Crippen LogP contribution < -0.4 is 10.2 Å². The summed E-state index contributed by atoms with van der Waals surface area (Å²) in [6.45, 7) is 10.2. The SMILES string of the molecule is Cc1cc(N(C)C(C)CC(C)C)ccc1CNC1CC1. The molecule has 0 amide bonds. The first-order chi connectivity index (χ1) is 9.47.